The molecule has 8 nitrogen and oxygen atoms in total. The van der Waals surface area contributed by atoms with Gasteiger partial charge in [0, 0.05) is 44.8 Å². The summed E-state index contributed by atoms with van der Waals surface area (Å²) in [5.74, 6) is -0.806. The number of nitrogens with two attached hydrogens (primary N) is 1. The van der Waals surface area contributed by atoms with Crippen molar-refractivity contribution in [2.24, 2.45) is 28.5 Å². The molecule has 188 valence electrons. The Morgan fingerprint density at radius 3 is 2.76 bits per heavy atom. The summed E-state index contributed by atoms with van der Waals surface area (Å²) >= 11 is 0. The number of likely N-dealkylation sites (N-methyl/N-ethyl adjacent to an activating group) is 1. The minimum absolute atomic E-state index is 0.0673. The number of nitrogens with one attached hydrogen (secondary N) is 2. The number of halogens is 2. The highest BCUT2D eigenvalue weighted by Gasteiger charge is 2.38. The molecular weight excluding hydrogens is 430 g/mol. The Morgan fingerprint density at radius 1 is 1.45 bits per heavy atom. The zero-order chi connectivity index (χ0) is 24.7. The van der Waals surface area contributed by atoms with Crippen molar-refractivity contribution >= 4 is 11.8 Å². The van der Waals surface area contributed by atoms with Crippen LogP contribution >= 0.6 is 0 Å². The molecule has 10 heteroatoms. The summed E-state index contributed by atoms with van der Waals surface area (Å²) in [7, 11) is 1.85. The molecular formula is C23H40F2N6O2. The number of hydrogen-bond donors (Lipinski definition) is 3. The Bertz CT molecular complexity index is 770. The minimum atomic E-state index is -2.56. The highest BCUT2D eigenvalue weighted by atomic mass is 19.3. The Kier molecular flexibility index (Phi) is 10.1. The quantitative estimate of drug-likeness (QED) is 0.272. The van der Waals surface area contributed by atoms with Crippen LogP contribution in [0.15, 0.2) is 28.2 Å². The molecule has 2 aliphatic rings. The van der Waals surface area contributed by atoms with Crippen LogP contribution in [0.1, 0.15) is 34.6 Å². The predicted octanol–water partition coefficient (Wildman–Crippen LogP) is 2.84. The van der Waals surface area contributed by atoms with Crippen LogP contribution in [0, 0.1) is 23.2 Å². The molecule has 0 amide bonds. The Labute approximate surface area is 196 Å². The predicted molar refractivity (Wildman–Crippen MR) is 127 cm³/mol. The van der Waals surface area contributed by atoms with Gasteiger partial charge in [-0.25, -0.2) is 8.78 Å². The lowest BCUT2D eigenvalue weighted by Crippen LogP contribution is -2.45. The van der Waals surface area contributed by atoms with Gasteiger partial charge in [-0.1, -0.05) is 13.8 Å². The molecule has 33 heavy (non-hydrogen) atoms. The van der Waals surface area contributed by atoms with E-state index in [0.29, 0.717) is 56.9 Å². The second kappa shape index (κ2) is 12.3. The van der Waals surface area contributed by atoms with Crippen LogP contribution in [0.25, 0.3) is 0 Å². The SMILES string of the molecule is CCOCCN(C)C(N)=N/C(=C(\C)[C@@H](C)C1=CNC(=N)[C@H](C)C1C(F)F)N1CCOC[C@@H]1C. The molecule has 4 atom stereocenters. The smallest absolute Gasteiger partial charge is 0.245 e. The van der Waals surface area contributed by atoms with E-state index in [4.69, 9.17) is 25.6 Å². The van der Waals surface area contributed by atoms with Gasteiger partial charge < -0.3 is 30.3 Å². The van der Waals surface area contributed by atoms with Crippen LogP contribution in [0.2, 0.25) is 0 Å². The van der Waals surface area contributed by atoms with Crippen molar-refractivity contribution in [3.63, 3.8) is 0 Å². The van der Waals surface area contributed by atoms with Crippen LogP contribution in [0.3, 0.4) is 0 Å². The third-order valence-electron chi connectivity index (χ3n) is 6.57. The molecule has 0 aromatic rings. The molecule has 0 aromatic heterocycles. The summed E-state index contributed by atoms with van der Waals surface area (Å²) in [5.41, 5.74) is 7.76. The van der Waals surface area contributed by atoms with E-state index in [1.165, 1.54) is 0 Å². The molecule has 2 rings (SSSR count). The number of ether oxygens (including phenoxy) is 2. The van der Waals surface area contributed by atoms with Gasteiger partial charge in [0.25, 0.3) is 0 Å². The first kappa shape index (κ1) is 27.0. The molecule has 0 bridgehead atoms. The van der Waals surface area contributed by atoms with Crippen molar-refractivity contribution in [3.8, 4) is 0 Å². The third-order valence-corrected chi connectivity index (χ3v) is 6.57. The second-order valence-electron chi connectivity index (χ2n) is 8.79. The lowest BCUT2D eigenvalue weighted by atomic mass is 9.77. The Balaban J connectivity index is 2.46. The van der Waals surface area contributed by atoms with E-state index in [2.05, 4.69) is 17.1 Å². The number of aliphatic imine (C=N–C) groups is 1. The lowest BCUT2D eigenvalue weighted by Gasteiger charge is -2.39. The molecule has 2 aliphatic heterocycles. The van der Waals surface area contributed by atoms with Crippen molar-refractivity contribution < 1.29 is 18.3 Å². The molecule has 1 fully saturated rings. The average molecular weight is 471 g/mol. The summed E-state index contributed by atoms with van der Waals surface area (Å²) in [5, 5.41) is 10.8. The van der Waals surface area contributed by atoms with E-state index in [0.717, 1.165) is 5.57 Å². The van der Waals surface area contributed by atoms with E-state index >= 15 is 0 Å². The fourth-order valence-electron chi connectivity index (χ4n) is 4.15. The van der Waals surface area contributed by atoms with Crippen LogP contribution in [-0.4, -0.2) is 80.6 Å². The first-order valence-corrected chi connectivity index (χ1v) is 11.6. The van der Waals surface area contributed by atoms with Crippen molar-refractivity contribution in [1.29, 1.82) is 5.41 Å². The molecule has 0 radical (unpaired) electrons. The molecule has 0 saturated carbocycles. The zero-order valence-corrected chi connectivity index (χ0v) is 20.7. The second-order valence-corrected chi connectivity index (χ2v) is 8.79. The van der Waals surface area contributed by atoms with Crippen molar-refractivity contribution in [2.75, 3.05) is 46.6 Å². The Morgan fingerprint density at radius 2 is 2.15 bits per heavy atom. The van der Waals surface area contributed by atoms with Crippen LogP contribution in [0.4, 0.5) is 8.78 Å². The number of alkyl halides is 2. The summed E-state index contributed by atoms with van der Waals surface area (Å²) in [6.45, 7) is 13.0. The van der Waals surface area contributed by atoms with Crippen LogP contribution < -0.4 is 11.1 Å². The van der Waals surface area contributed by atoms with Gasteiger partial charge in [-0.05, 0) is 31.9 Å². The van der Waals surface area contributed by atoms with Crippen molar-refractivity contribution in [3.05, 3.63) is 23.2 Å². The van der Waals surface area contributed by atoms with Gasteiger partial charge in [-0.2, -0.15) is 4.99 Å². The van der Waals surface area contributed by atoms with Gasteiger partial charge >= 0.3 is 0 Å². The monoisotopic (exact) mass is 470 g/mol. The van der Waals surface area contributed by atoms with Crippen LogP contribution in [0.5, 0.6) is 0 Å². The molecule has 1 saturated heterocycles. The van der Waals surface area contributed by atoms with E-state index < -0.39 is 18.3 Å². The Hall–Kier alpha value is -2.20. The highest BCUT2D eigenvalue weighted by molar-refractivity contribution is 5.84. The van der Waals surface area contributed by atoms with Gasteiger partial charge in [-0.3, -0.25) is 5.41 Å². The molecule has 2 heterocycles. The van der Waals surface area contributed by atoms with Crippen molar-refractivity contribution in [1.82, 2.24) is 15.1 Å². The maximum Gasteiger partial charge on any atom is 0.245 e. The standard InChI is InChI=1S/C23H40F2N6O2/c1-7-32-10-8-30(6)23(27)29-22(31-9-11-33-13-14(31)2)16(4)15(3)18-12-28-21(26)17(5)19(18)20(24)25/h12,14-15,17,19-20H,7-11,13H2,1-6H3,(H2,26,28)(H2,27,29)/b22-16-/t14-,15+,17+,19?/m0/s1. The van der Waals surface area contributed by atoms with Gasteiger partial charge in [-0.15, -0.1) is 0 Å². The van der Waals surface area contributed by atoms with Gasteiger partial charge in [0.1, 0.15) is 11.7 Å². The first-order chi connectivity index (χ1) is 15.6. The first-order valence-electron chi connectivity index (χ1n) is 11.6. The summed E-state index contributed by atoms with van der Waals surface area (Å²) in [4.78, 5) is 8.75. The van der Waals surface area contributed by atoms with E-state index in [1.54, 1.807) is 13.1 Å². The fraction of sp³-hybridized carbons (Fsp3) is 0.739. The maximum absolute atomic E-state index is 14.0. The van der Waals surface area contributed by atoms with Gasteiger partial charge in [0.05, 0.1) is 31.8 Å². The highest BCUT2D eigenvalue weighted by Crippen LogP contribution is 2.38. The van der Waals surface area contributed by atoms with E-state index in [1.807, 2.05) is 32.7 Å². The molecule has 4 N–H and O–H groups in total. The largest absolute Gasteiger partial charge is 0.380 e. The maximum atomic E-state index is 14.0. The molecule has 1 unspecified atom stereocenters. The minimum Gasteiger partial charge on any atom is -0.380 e. The summed E-state index contributed by atoms with van der Waals surface area (Å²) in [6.07, 6.45) is -0.998. The zero-order valence-electron chi connectivity index (χ0n) is 20.7. The van der Waals surface area contributed by atoms with Gasteiger partial charge in [0.15, 0.2) is 5.96 Å². The number of guanidine groups is 1. The molecule has 0 aromatic carbocycles. The molecule has 0 aliphatic carbocycles. The topological polar surface area (TPSA) is 99.2 Å². The number of rotatable bonds is 9. The van der Waals surface area contributed by atoms with E-state index in [-0.39, 0.29) is 17.8 Å². The number of morpholine rings is 1. The number of hydrogen-bond acceptors (Lipinski definition) is 5. The third kappa shape index (κ3) is 6.66. The normalized spacial score (nSPS) is 26.0. The fourth-order valence-corrected chi connectivity index (χ4v) is 4.15. The number of amidine groups is 1. The number of allylic oxidation sites excluding steroid dienone is 2. The van der Waals surface area contributed by atoms with Crippen LogP contribution in [-0.2, 0) is 9.47 Å². The lowest BCUT2D eigenvalue weighted by molar-refractivity contribution is 0.0154. The molecule has 0 spiro atoms. The number of nitrogens with zero attached hydrogens (tertiary/aromatic N) is 3. The van der Waals surface area contributed by atoms with E-state index in [9.17, 15) is 8.78 Å². The average Bonchev–Trinajstić information content (AvgIpc) is 2.78. The summed E-state index contributed by atoms with van der Waals surface area (Å²) < 4.78 is 39.1. The van der Waals surface area contributed by atoms with Gasteiger partial charge in [0.2, 0.25) is 6.43 Å². The van der Waals surface area contributed by atoms with Crippen molar-refractivity contribution in [2.45, 2.75) is 47.1 Å². The summed E-state index contributed by atoms with van der Waals surface area (Å²) in [6, 6.07) is 0.0673.